The van der Waals surface area contributed by atoms with Gasteiger partial charge >= 0.3 is 0 Å². The molecule has 69 valence electrons. The van der Waals surface area contributed by atoms with Gasteiger partial charge in [-0.1, -0.05) is 12.1 Å². The molecule has 2 rings (SSSR count). The fraction of sp³-hybridized carbons (Fsp3) is 0. The molecule has 0 saturated carbocycles. The molecule has 0 spiro atoms. The van der Waals surface area contributed by atoms with E-state index >= 15 is 0 Å². The maximum Gasteiger partial charge on any atom is 0.168 e. The summed E-state index contributed by atoms with van der Waals surface area (Å²) in [6.45, 7) is 0. The first-order valence-electron chi connectivity index (χ1n) is 4.06. The Labute approximate surface area is 80.0 Å². The summed E-state index contributed by atoms with van der Waals surface area (Å²) in [7, 11) is 0. The number of rotatable bonds is 1. The molecule has 0 aliphatic carbocycles. The van der Waals surface area contributed by atoms with Gasteiger partial charge in [0.15, 0.2) is 11.6 Å². The fourth-order valence-electron chi connectivity index (χ4n) is 1.16. The molecule has 1 aromatic heterocycles. The van der Waals surface area contributed by atoms with E-state index in [4.69, 9.17) is 0 Å². The zero-order chi connectivity index (χ0) is 9.97. The van der Waals surface area contributed by atoms with E-state index in [0.717, 1.165) is 6.07 Å². The van der Waals surface area contributed by atoms with Crippen LogP contribution in [0.2, 0.25) is 0 Å². The number of aromatic nitrogens is 1. The van der Waals surface area contributed by atoms with Crippen molar-refractivity contribution in [1.82, 2.24) is 4.98 Å². The van der Waals surface area contributed by atoms with Crippen LogP contribution in [-0.2, 0) is 0 Å². The van der Waals surface area contributed by atoms with Crippen molar-refractivity contribution in [2.24, 2.45) is 0 Å². The zero-order valence-electron chi connectivity index (χ0n) is 7.17. The van der Waals surface area contributed by atoms with Crippen LogP contribution in [0.4, 0.5) is 8.78 Å². The molecule has 0 aliphatic rings. The SMILES string of the molecule is Fc1cccc(-c2[c]cccn2)c1F. The van der Waals surface area contributed by atoms with Crippen molar-refractivity contribution >= 4 is 0 Å². The summed E-state index contributed by atoms with van der Waals surface area (Å²) in [4.78, 5) is 3.89. The minimum Gasteiger partial charge on any atom is -0.255 e. The van der Waals surface area contributed by atoms with Crippen LogP contribution in [-0.4, -0.2) is 4.98 Å². The molecule has 0 saturated heterocycles. The quantitative estimate of drug-likeness (QED) is 0.673. The maximum absolute atomic E-state index is 13.3. The Balaban J connectivity index is 2.58. The summed E-state index contributed by atoms with van der Waals surface area (Å²) in [6, 6.07) is 9.99. The van der Waals surface area contributed by atoms with E-state index in [0.29, 0.717) is 5.69 Å². The van der Waals surface area contributed by atoms with Crippen molar-refractivity contribution in [2.45, 2.75) is 0 Å². The van der Waals surface area contributed by atoms with Crippen LogP contribution < -0.4 is 0 Å². The van der Waals surface area contributed by atoms with Crippen LogP contribution in [0.15, 0.2) is 36.5 Å². The van der Waals surface area contributed by atoms with E-state index in [-0.39, 0.29) is 5.56 Å². The first-order chi connectivity index (χ1) is 6.79. The van der Waals surface area contributed by atoms with Crippen LogP contribution in [0, 0.1) is 17.7 Å². The number of halogens is 2. The number of pyridine rings is 1. The van der Waals surface area contributed by atoms with Gasteiger partial charge in [0.1, 0.15) is 0 Å². The molecule has 0 bridgehead atoms. The molecule has 0 amide bonds. The van der Waals surface area contributed by atoms with Gasteiger partial charge in [-0.3, -0.25) is 4.98 Å². The molecule has 0 N–H and O–H groups in total. The first-order valence-corrected chi connectivity index (χ1v) is 4.06. The van der Waals surface area contributed by atoms with E-state index in [1.165, 1.54) is 18.3 Å². The van der Waals surface area contributed by atoms with E-state index < -0.39 is 11.6 Å². The highest BCUT2D eigenvalue weighted by Gasteiger charge is 2.09. The molecule has 0 fully saturated rings. The Morgan fingerprint density at radius 2 is 2.00 bits per heavy atom. The van der Waals surface area contributed by atoms with Gasteiger partial charge in [-0.2, -0.15) is 0 Å². The molecular formula is C11H6F2N. The van der Waals surface area contributed by atoms with Crippen LogP contribution >= 0.6 is 0 Å². The molecule has 0 atom stereocenters. The Hall–Kier alpha value is -1.77. The summed E-state index contributed by atoms with van der Waals surface area (Å²) in [5.74, 6) is -1.76. The van der Waals surface area contributed by atoms with Gasteiger partial charge in [-0.15, -0.1) is 0 Å². The predicted molar refractivity (Wildman–Crippen MR) is 48.4 cm³/mol. The van der Waals surface area contributed by atoms with Crippen LogP contribution in [0.5, 0.6) is 0 Å². The normalized spacial score (nSPS) is 10.1. The minimum atomic E-state index is -0.887. The van der Waals surface area contributed by atoms with Crippen LogP contribution in [0.25, 0.3) is 11.3 Å². The molecule has 0 unspecified atom stereocenters. The average Bonchev–Trinajstić information content (AvgIpc) is 2.23. The second kappa shape index (κ2) is 3.54. The lowest BCUT2D eigenvalue weighted by atomic mass is 10.1. The highest BCUT2D eigenvalue weighted by molar-refractivity contribution is 5.58. The van der Waals surface area contributed by atoms with Crippen molar-refractivity contribution < 1.29 is 8.78 Å². The molecule has 0 aliphatic heterocycles. The van der Waals surface area contributed by atoms with E-state index in [1.54, 1.807) is 12.1 Å². The van der Waals surface area contributed by atoms with Crippen molar-refractivity contribution in [3.63, 3.8) is 0 Å². The monoisotopic (exact) mass is 190 g/mol. The molecule has 1 heterocycles. The Morgan fingerprint density at radius 3 is 2.71 bits per heavy atom. The fourth-order valence-corrected chi connectivity index (χ4v) is 1.16. The molecule has 2 aromatic rings. The lowest BCUT2D eigenvalue weighted by Crippen LogP contribution is -1.90. The summed E-state index contributed by atoms with van der Waals surface area (Å²) in [6.07, 6.45) is 1.51. The van der Waals surface area contributed by atoms with E-state index in [2.05, 4.69) is 11.1 Å². The molecular weight excluding hydrogens is 184 g/mol. The number of hydrogen-bond acceptors (Lipinski definition) is 1. The second-order valence-electron chi connectivity index (χ2n) is 2.73. The Kier molecular flexibility index (Phi) is 2.23. The van der Waals surface area contributed by atoms with Gasteiger partial charge in [0, 0.05) is 17.8 Å². The maximum atomic E-state index is 13.3. The van der Waals surface area contributed by atoms with E-state index in [1.807, 2.05) is 0 Å². The van der Waals surface area contributed by atoms with Gasteiger partial charge in [0.05, 0.1) is 5.69 Å². The minimum absolute atomic E-state index is 0.130. The highest BCUT2D eigenvalue weighted by Crippen LogP contribution is 2.21. The van der Waals surface area contributed by atoms with Gasteiger partial charge < -0.3 is 0 Å². The lowest BCUT2D eigenvalue weighted by molar-refractivity contribution is 0.511. The second-order valence-corrected chi connectivity index (χ2v) is 2.73. The summed E-state index contributed by atoms with van der Waals surface area (Å²) >= 11 is 0. The smallest absolute Gasteiger partial charge is 0.168 e. The predicted octanol–water partition coefficient (Wildman–Crippen LogP) is 2.83. The third-order valence-electron chi connectivity index (χ3n) is 1.81. The van der Waals surface area contributed by atoms with Gasteiger partial charge in [0.25, 0.3) is 0 Å². The van der Waals surface area contributed by atoms with Crippen LogP contribution in [0.1, 0.15) is 0 Å². The third-order valence-corrected chi connectivity index (χ3v) is 1.81. The molecule has 14 heavy (non-hydrogen) atoms. The van der Waals surface area contributed by atoms with Crippen molar-refractivity contribution in [1.29, 1.82) is 0 Å². The first kappa shape index (κ1) is 8.81. The van der Waals surface area contributed by atoms with Gasteiger partial charge in [0.2, 0.25) is 0 Å². The van der Waals surface area contributed by atoms with Gasteiger partial charge in [-0.05, 0) is 18.2 Å². The largest absolute Gasteiger partial charge is 0.255 e. The topological polar surface area (TPSA) is 12.9 Å². The summed E-state index contributed by atoms with van der Waals surface area (Å²) < 4.78 is 26.1. The standard InChI is InChI=1S/C11H6F2N/c12-9-5-3-4-8(11(9)13)10-6-1-2-7-14-10/h1-5,7H. The van der Waals surface area contributed by atoms with Gasteiger partial charge in [-0.25, -0.2) is 8.78 Å². The number of hydrogen-bond donors (Lipinski definition) is 0. The third kappa shape index (κ3) is 1.48. The van der Waals surface area contributed by atoms with Crippen molar-refractivity contribution in [3.8, 4) is 11.3 Å². The van der Waals surface area contributed by atoms with Crippen LogP contribution in [0.3, 0.4) is 0 Å². The lowest BCUT2D eigenvalue weighted by Gasteiger charge is -2.01. The van der Waals surface area contributed by atoms with Crippen molar-refractivity contribution in [3.05, 3.63) is 54.2 Å². The summed E-state index contributed by atoms with van der Waals surface area (Å²) in [5, 5.41) is 0. The molecule has 1 radical (unpaired) electrons. The molecule has 1 nitrogen and oxygen atoms in total. The molecule has 1 aromatic carbocycles. The summed E-state index contributed by atoms with van der Waals surface area (Å²) in [5.41, 5.74) is 0.440. The van der Waals surface area contributed by atoms with E-state index in [9.17, 15) is 8.78 Å². The average molecular weight is 190 g/mol. The Morgan fingerprint density at radius 1 is 1.14 bits per heavy atom. The number of benzene rings is 1. The Bertz CT molecular complexity index is 440. The molecule has 3 heteroatoms. The zero-order valence-corrected chi connectivity index (χ0v) is 7.17. The number of nitrogens with zero attached hydrogens (tertiary/aromatic N) is 1. The highest BCUT2D eigenvalue weighted by atomic mass is 19.2. The van der Waals surface area contributed by atoms with Crippen molar-refractivity contribution in [2.75, 3.05) is 0 Å².